The molecule has 2 aromatic rings. The molecular weight excluding hydrogens is 442 g/mol. The molecule has 3 N–H and O–H groups in total. The summed E-state index contributed by atoms with van der Waals surface area (Å²) in [4.78, 5) is 46.6. The van der Waals surface area contributed by atoms with Gasteiger partial charge in [-0.1, -0.05) is 29.8 Å². The second kappa shape index (κ2) is 12.6. The monoisotopic (exact) mass is 465 g/mol. The van der Waals surface area contributed by atoms with Gasteiger partial charge in [0.25, 0.3) is 0 Å². The van der Waals surface area contributed by atoms with Gasteiger partial charge in [0.05, 0.1) is 19.4 Å². The van der Waals surface area contributed by atoms with Crippen LogP contribution >= 0.6 is 11.6 Å². The fourth-order valence-electron chi connectivity index (χ4n) is 2.92. The molecule has 0 bridgehead atoms. The van der Waals surface area contributed by atoms with Gasteiger partial charge < -0.3 is 19.9 Å². The summed E-state index contributed by atoms with van der Waals surface area (Å²) in [5.74, 6) is -3.29. The minimum atomic E-state index is -1.82. The van der Waals surface area contributed by atoms with Crippen LogP contribution in [0.5, 0.6) is 0 Å². The van der Waals surface area contributed by atoms with E-state index < -0.39 is 11.9 Å². The largest absolute Gasteiger partial charge is 0.473 e. The summed E-state index contributed by atoms with van der Waals surface area (Å²) in [7, 11) is 0. The minimum absolute atomic E-state index is 0.0130. The predicted octanol–water partition coefficient (Wildman–Crippen LogP) is 1.21. The third-order valence-electron chi connectivity index (χ3n) is 4.61. The average molecular weight is 466 g/mol. The van der Waals surface area contributed by atoms with E-state index in [2.05, 4.69) is 15.1 Å². The number of carboxylic acids is 2. The molecular formula is C21H24ClN3O7. The second-order valence-corrected chi connectivity index (χ2v) is 7.34. The molecule has 1 aromatic heterocycles. The normalized spacial score (nSPS) is 14.2. The van der Waals surface area contributed by atoms with Gasteiger partial charge in [0.2, 0.25) is 11.7 Å². The van der Waals surface area contributed by atoms with E-state index >= 15 is 0 Å². The Hall–Kier alpha value is -3.21. The van der Waals surface area contributed by atoms with Crippen LogP contribution in [-0.2, 0) is 20.9 Å². The molecule has 2 heterocycles. The molecule has 0 spiro atoms. The number of ketones is 1. The highest BCUT2D eigenvalue weighted by Gasteiger charge is 2.21. The Labute approximate surface area is 189 Å². The number of furan rings is 1. The summed E-state index contributed by atoms with van der Waals surface area (Å²) >= 11 is 6.09. The highest BCUT2D eigenvalue weighted by Crippen LogP contribution is 2.14. The van der Waals surface area contributed by atoms with Crippen molar-refractivity contribution < 1.29 is 33.8 Å². The molecule has 1 fully saturated rings. The number of aliphatic carboxylic acids is 2. The van der Waals surface area contributed by atoms with E-state index in [1.165, 1.54) is 6.26 Å². The molecule has 0 unspecified atom stereocenters. The first-order valence-electron chi connectivity index (χ1n) is 9.74. The molecule has 11 heteroatoms. The fourth-order valence-corrected chi connectivity index (χ4v) is 3.12. The van der Waals surface area contributed by atoms with Crippen LogP contribution in [0.1, 0.15) is 16.1 Å². The van der Waals surface area contributed by atoms with E-state index in [1.54, 1.807) is 12.1 Å². The van der Waals surface area contributed by atoms with Crippen LogP contribution in [0.4, 0.5) is 0 Å². The number of Topliss-reactive ketones (excluding diaryl/α,β-unsaturated/α-hetero) is 1. The fraction of sp³-hybridized carbons (Fsp3) is 0.333. The van der Waals surface area contributed by atoms with Crippen LogP contribution in [0.3, 0.4) is 0 Å². The zero-order chi connectivity index (χ0) is 23.5. The predicted molar refractivity (Wildman–Crippen MR) is 114 cm³/mol. The molecule has 3 rings (SSSR count). The number of halogens is 1. The Kier molecular flexibility index (Phi) is 9.86. The van der Waals surface area contributed by atoms with E-state index in [0.717, 1.165) is 31.7 Å². The molecule has 0 aliphatic carbocycles. The van der Waals surface area contributed by atoms with E-state index in [1.807, 2.05) is 24.3 Å². The lowest BCUT2D eigenvalue weighted by Crippen LogP contribution is -2.50. The summed E-state index contributed by atoms with van der Waals surface area (Å²) in [5, 5.41) is 18.3. The maximum Gasteiger partial charge on any atom is 0.414 e. The molecule has 1 amide bonds. The molecule has 32 heavy (non-hydrogen) atoms. The van der Waals surface area contributed by atoms with E-state index in [0.29, 0.717) is 30.4 Å². The van der Waals surface area contributed by atoms with Crippen molar-refractivity contribution in [3.05, 3.63) is 59.0 Å². The Bertz CT molecular complexity index is 913. The van der Waals surface area contributed by atoms with Crippen molar-refractivity contribution in [1.82, 2.24) is 15.1 Å². The Morgan fingerprint density at radius 2 is 1.50 bits per heavy atom. The first-order chi connectivity index (χ1) is 15.3. The Morgan fingerprint density at radius 1 is 0.906 bits per heavy atom. The topological polar surface area (TPSA) is 140 Å². The zero-order valence-electron chi connectivity index (χ0n) is 17.2. The van der Waals surface area contributed by atoms with Crippen molar-refractivity contribution in [2.75, 3.05) is 39.3 Å². The molecule has 10 nitrogen and oxygen atoms in total. The van der Waals surface area contributed by atoms with Crippen LogP contribution in [0.25, 0.3) is 0 Å². The van der Waals surface area contributed by atoms with Crippen molar-refractivity contribution in [3.63, 3.8) is 0 Å². The molecule has 172 valence electrons. The number of carbonyl (C=O) groups excluding carboxylic acids is 2. The van der Waals surface area contributed by atoms with E-state index in [-0.39, 0.29) is 11.7 Å². The number of carbonyl (C=O) groups is 4. The van der Waals surface area contributed by atoms with Gasteiger partial charge in [-0.05, 0) is 23.8 Å². The number of nitrogens with one attached hydrogen (secondary N) is 1. The van der Waals surface area contributed by atoms with Crippen molar-refractivity contribution in [2.45, 2.75) is 6.54 Å². The Morgan fingerprint density at radius 3 is 2.03 bits per heavy atom. The minimum Gasteiger partial charge on any atom is -0.473 e. The molecule has 1 aromatic carbocycles. The summed E-state index contributed by atoms with van der Waals surface area (Å²) < 4.78 is 5.13. The van der Waals surface area contributed by atoms with Crippen LogP contribution < -0.4 is 5.32 Å². The van der Waals surface area contributed by atoms with Gasteiger partial charge in [0.1, 0.15) is 0 Å². The van der Waals surface area contributed by atoms with Gasteiger partial charge in [-0.25, -0.2) is 9.59 Å². The van der Waals surface area contributed by atoms with Crippen molar-refractivity contribution in [1.29, 1.82) is 0 Å². The maximum absolute atomic E-state index is 12.1. The molecule has 1 aliphatic heterocycles. The highest BCUT2D eigenvalue weighted by atomic mass is 35.5. The standard InChI is InChI=1S/C19H22ClN3O3.C2H2O4/c20-16-5-2-1-4-15(16)12-21-19(25)14-23-9-7-22(8-10-23)13-17(24)18-6-3-11-26-18;3-1(4)2(5)6/h1-6,11H,7-10,12-14H2,(H,21,25);(H,3,4)(H,5,6). The number of carboxylic acid groups (broad SMARTS) is 2. The van der Waals surface area contributed by atoms with Gasteiger partial charge in [-0.15, -0.1) is 0 Å². The number of nitrogens with zero attached hydrogens (tertiary/aromatic N) is 2. The van der Waals surface area contributed by atoms with Gasteiger partial charge in [-0.3, -0.25) is 19.4 Å². The first kappa shape index (κ1) is 25.1. The van der Waals surface area contributed by atoms with E-state index in [9.17, 15) is 9.59 Å². The zero-order valence-corrected chi connectivity index (χ0v) is 18.0. The molecule has 1 saturated heterocycles. The van der Waals surface area contributed by atoms with Crippen molar-refractivity contribution in [2.24, 2.45) is 0 Å². The molecule has 0 saturated carbocycles. The number of piperazine rings is 1. The molecule has 1 aliphatic rings. The van der Waals surface area contributed by atoms with Crippen LogP contribution in [-0.4, -0.2) is 82.9 Å². The van der Waals surface area contributed by atoms with Crippen molar-refractivity contribution >= 4 is 35.2 Å². The van der Waals surface area contributed by atoms with Crippen LogP contribution in [0.2, 0.25) is 5.02 Å². The van der Waals surface area contributed by atoms with Gasteiger partial charge in [0, 0.05) is 37.7 Å². The summed E-state index contributed by atoms with van der Waals surface area (Å²) in [5.41, 5.74) is 0.906. The summed E-state index contributed by atoms with van der Waals surface area (Å²) in [6.45, 7) is 4.14. The third-order valence-corrected chi connectivity index (χ3v) is 4.98. The smallest absolute Gasteiger partial charge is 0.414 e. The van der Waals surface area contributed by atoms with Gasteiger partial charge in [0.15, 0.2) is 5.76 Å². The average Bonchev–Trinajstić information content (AvgIpc) is 3.30. The quantitative estimate of drug-likeness (QED) is 0.406. The second-order valence-electron chi connectivity index (χ2n) is 6.93. The first-order valence-corrected chi connectivity index (χ1v) is 10.1. The third kappa shape index (κ3) is 8.50. The number of amides is 1. The molecule has 0 atom stereocenters. The number of rotatable bonds is 7. The number of hydrogen-bond acceptors (Lipinski definition) is 7. The van der Waals surface area contributed by atoms with E-state index in [4.69, 9.17) is 35.8 Å². The van der Waals surface area contributed by atoms with Crippen molar-refractivity contribution in [3.8, 4) is 0 Å². The summed E-state index contributed by atoms with van der Waals surface area (Å²) in [6, 6.07) is 10.9. The SMILES string of the molecule is O=C(CN1CCN(CC(=O)c2ccco2)CC1)NCc1ccccc1Cl.O=C(O)C(=O)O. The highest BCUT2D eigenvalue weighted by molar-refractivity contribution is 6.31. The Balaban J connectivity index is 0.000000534. The van der Waals surface area contributed by atoms with Crippen LogP contribution in [0, 0.1) is 0 Å². The lowest BCUT2D eigenvalue weighted by atomic mass is 10.2. The lowest BCUT2D eigenvalue weighted by molar-refractivity contribution is -0.159. The molecule has 0 radical (unpaired) electrons. The van der Waals surface area contributed by atoms with Crippen LogP contribution in [0.15, 0.2) is 47.1 Å². The number of hydrogen-bond donors (Lipinski definition) is 3. The number of benzene rings is 1. The van der Waals surface area contributed by atoms with Gasteiger partial charge in [-0.2, -0.15) is 0 Å². The van der Waals surface area contributed by atoms with Gasteiger partial charge >= 0.3 is 11.9 Å². The maximum atomic E-state index is 12.1. The summed E-state index contributed by atoms with van der Waals surface area (Å²) in [6.07, 6.45) is 1.51. The lowest BCUT2D eigenvalue weighted by Gasteiger charge is -2.33.